The van der Waals surface area contributed by atoms with E-state index in [1.54, 1.807) is 0 Å². The van der Waals surface area contributed by atoms with Crippen molar-refractivity contribution >= 4 is 0 Å². The van der Waals surface area contributed by atoms with Gasteiger partial charge >= 0.3 is 171 Å². The minimum atomic E-state index is -4.08. The molecule has 72 valence electrons. The fourth-order valence-corrected chi connectivity index (χ4v) is 0. The van der Waals surface area contributed by atoms with Gasteiger partial charge in [-0.05, 0) is 0 Å². The molecule has 0 atom stereocenters. The summed E-state index contributed by atoms with van der Waals surface area (Å²) < 4.78 is 77.2. The van der Waals surface area contributed by atoms with Gasteiger partial charge in [-0.25, -0.2) is 0 Å². The Balaban J connectivity index is -0.0000000270. The van der Waals surface area contributed by atoms with Gasteiger partial charge in [0, 0.05) is 0 Å². The van der Waals surface area contributed by atoms with Crippen LogP contribution in [0.3, 0.4) is 0 Å². The molecule has 0 spiro atoms. The molecule has 0 unspecified atom stereocenters. The zero-order valence-electron chi connectivity index (χ0n) is 6.33. The van der Waals surface area contributed by atoms with Crippen molar-refractivity contribution in [1.82, 2.24) is 0 Å². The quantitative estimate of drug-likeness (QED) is 0.255. The van der Waals surface area contributed by atoms with E-state index in [4.69, 9.17) is 32.1 Å². The predicted octanol–water partition coefficient (Wildman–Crippen LogP) is -7.50. The second-order valence-corrected chi connectivity index (χ2v) is 3.09. The molecule has 0 aliphatic rings. The molecule has 0 aliphatic heterocycles. The Bertz CT molecular complexity index is 116. The normalized spacial score (nSPS) is 5.57. The second-order valence-electron chi connectivity index (χ2n) is 0.750. The molecule has 0 aromatic carbocycles. The topological polar surface area (TPSA) is 190 Å². The zero-order valence-corrected chi connectivity index (χ0v) is 18.4. The molecular formula is O9Pr2Ti3. The summed E-state index contributed by atoms with van der Waals surface area (Å²) in [6, 6.07) is 0. The van der Waals surface area contributed by atoms with Crippen LogP contribution in [0.4, 0.5) is 0 Å². The van der Waals surface area contributed by atoms with Gasteiger partial charge in [0.25, 0.3) is 0 Å². The standard InChI is InChI=1S/9O.2Pr.3Ti/q;;;6*-1;2*+3;;;. The Morgan fingerprint density at radius 3 is 0.500 bits per heavy atom. The molecule has 0 radical (unpaired) electrons. The first-order valence-corrected chi connectivity index (χ1v) is 7.57. The third kappa shape index (κ3) is 223. The second kappa shape index (κ2) is 25.8. The van der Waals surface area contributed by atoms with Crippen molar-refractivity contribution in [1.29, 1.82) is 0 Å². The maximum atomic E-state index is 8.58. The van der Waals surface area contributed by atoms with Crippen molar-refractivity contribution in [2.24, 2.45) is 0 Å². The molecule has 0 fully saturated rings. The molecular weight excluding hydrogens is 569 g/mol. The van der Waals surface area contributed by atoms with Crippen molar-refractivity contribution < 1.29 is 171 Å². The van der Waals surface area contributed by atoms with Crippen LogP contribution in [-0.2, 0) is 65.8 Å². The number of hydrogen-bond donors (Lipinski definition) is 0. The smallest absolute Gasteiger partial charge is 3.00 e. The maximum absolute atomic E-state index is 8.58. The summed E-state index contributed by atoms with van der Waals surface area (Å²) in [6.45, 7) is 0. The molecule has 0 aliphatic carbocycles. The van der Waals surface area contributed by atoms with Gasteiger partial charge in [0.2, 0.25) is 0 Å². The predicted molar refractivity (Wildman–Crippen MR) is 2.06 cm³/mol. The molecule has 0 amide bonds. The number of rotatable bonds is 0. The fraction of sp³-hybridized carbons (Fsp3) is 0. The largest absolute Gasteiger partial charge is 3.00 e. The molecule has 0 aromatic rings. The van der Waals surface area contributed by atoms with Crippen molar-refractivity contribution in [3.63, 3.8) is 0 Å². The van der Waals surface area contributed by atoms with Gasteiger partial charge in [0.15, 0.2) is 0 Å². The van der Waals surface area contributed by atoms with Crippen molar-refractivity contribution in [2.45, 2.75) is 0 Å². The summed E-state index contributed by atoms with van der Waals surface area (Å²) >= 11 is -12.2. The van der Waals surface area contributed by atoms with Gasteiger partial charge in [-0.3, -0.25) is 0 Å². The summed E-state index contributed by atoms with van der Waals surface area (Å²) in [7, 11) is 0. The molecule has 0 heterocycles. The maximum Gasteiger partial charge on any atom is 3.00 e. The summed E-state index contributed by atoms with van der Waals surface area (Å²) in [5.74, 6) is 0. The van der Waals surface area contributed by atoms with Crippen LogP contribution in [0.15, 0.2) is 0 Å². The molecule has 9 nitrogen and oxygen atoms in total. The minimum absolute atomic E-state index is 0. The van der Waals surface area contributed by atoms with E-state index in [0.717, 1.165) is 0 Å². The van der Waals surface area contributed by atoms with Gasteiger partial charge in [-0.2, -0.15) is 0 Å². The summed E-state index contributed by atoms with van der Waals surface area (Å²) in [6.07, 6.45) is 0. The van der Waals surface area contributed by atoms with Gasteiger partial charge in [-0.15, -0.1) is 0 Å². The van der Waals surface area contributed by atoms with E-state index in [2.05, 4.69) is 0 Å². The van der Waals surface area contributed by atoms with E-state index in [9.17, 15) is 0 Å². The zero-order chi connectivity index (χ0) is 10.7. The van der Waals surface area contributed by atoms with Crippen molar-refractivity contribution in [3.05, 3.63) is 0 Å². The van der Waals surface area contributed by atoms with Crippen LogP contribution in [0, 0.1) is 82.6 Å². The molecule has 14 heavy (non-hydrogen) atoms. The molecule has 0 rings (SSSR count). The van der Waals surface area contributed by atoms with Crippen LogP contribution >= 0.6 is 0 Å². The Morgan fingerprint density at radius 2 is 0.500 bits per heavy atom. The summed E-state index contributed by atoms with van der Waals surface area (Å²) in [5.41, 5.74) is 0. The monoisotopic (exact) mass is 570 g/mol. The molecule has 0 N–H and O–H groups in total. The Hall–Kier alpha value is 4.03. The Morgan fingerprint density at radius 1 is 0.500 bits per heavy atom. The van der Waals surface area contributed by atoms with E-state index < -0.39 is 55.8 Å². The SMILES string of the molecule is [O]=[Ti]([O-])[O-].[O]=[Ti]([O-])[O-].[O]=[Ti]([O-])[O-].[Pr+3].[Pr+3]. The molecule has 0 bridgehead atoms. The average Bonchev–Trinajstić information content (AvgIpc) is 1.54. The summed E-state index contributed by atoms with van der Waals surface area (Å²) in [4.78, 5) is 0. The van der Waals surface area contributed by atoms with E-state index in [0.29, 0.717) is 0 Å². The molecule has 0 saturated heterocycles. The van der Waals surface area contributed by atoms with E-state index in [-0.39, 0.29) is 82.6 Å². The third-order valence-corrected chi connectivity index (χ3v) is 0. The average molecular weight is 569 g/mol. The fourth-order valence-electron chi connectivity index (χ4n) is 0. The van der Waals surface area contributed by atoms with Gasteiger partial charge < -0.3 is 0 Å². The van der Waals surface area contributed by atoms with Crippen molar-refractivity contribution in [3.8, 4) is 0 Å². The van der Waals surface area contributed by atoms with Crippen LogP contribution in [-0.4, -0.2) is 0 Å². The molecule has 0 saturated carbocycles. The molecule has 14 heteroatoms. The molecule has 0 aromatic heterocycles. The van der Waals surface area contributed by atoms with Crippen LogP contribution < -0.4 is 22.1 Å². The van der Waals surface area contributed by atoms with Crippen LogP contribution in [0.5, 0.6) is 0 Å². The van der Waals surface area contributed by atoms with Crippen LogP contribution in [0.25, 0.3) is 0 Å². The summed E-state index contributed by atoms with van der Waals surface area (Å²) in [5, 5.41) is 0. The van der Waals surface area contributed by atoms with E-state index in [1.807, 2.05) is 0 Å². The third-order valence-electron chi connectivity index (χ3n) is 0. The van der Waals surface area contributed by atoms with E-state index >= 15 is 0 Å². The van der Waals surface area contributed by atoms with Gasteiger partial charge in [0.05, 0.1) is 0 Å². The number of hydrogen-bond acceptors (Lipinski definition) is 9. The first kappa shape index (κ1) is 30.8. The van der Waals surface area contributed by atoms with Gasteiger partial charge in [0.1, 0.15) is 0 Å². The first-order valence-electron chi connectivity index (χ1n) is 1.84. The Kier molecular flexibility index (Phi) is 56.7. The minimum Gasteiger partial charge on any atom is 3.00 e. The van der Waals surface area contributed by atoms with E-state index in [1.165, 1.54) is 0 Å². The van der Waals surface area contributed by atoms with Gasteiger partial charge in [-0.1, -0.05) is 0 Å². The Labute approximate surface area is 166 Å². The first-order chi connectivity index (χ1) is 5.20. The van der Waals surface area contributed by atoms with Crippen LogP contribution in [0.1, 0.15) is 0 Å². The van der Waals surface area contributed by atoms with Crippen LogP contribution in [0.2, 0.25) is 0 Å². The van der Waals surface area contributed by atoms with Crippen molar-refractivity contribution in [2.75, 3.05) is 0 Å².